The van der Waals surface area contributed by atoms with E-state index in [1.165, 1.54) is 9.10 Å². The van der Waals surface area contributed by atoms with Gasteiger partial charge in [0.25, 0.3) is 0 Å². The van der Waals surface area contributed by atoms with Crippen molar-refractivity contribution in [2.75, 3.05) is 19.6 Å². The molecule has 1 aromatic rings. The Morgan fingerprint density at radius 1 is 1.50 bits per heavy atom. The van der Waals surface area contributed by atoms with Crippen LogP contribution >= 0.6 is 34.4 Å². The van der Waals surface area contributed by atoms with Crippen molar-refractivity contribution in [3.05, 3.63) is 16.0 Å². The van der Waals surface area contributed by atoms with E-state index in [2.05, 4.69) is 32.6 Å². The largest absolute Gasteiger partial charge is 0.359 e. The van der Waals surface area contributed by atoms with Crippen molar-refractivity contribution >= 4 is 40.4 Å². The quantitative estimate of drug-likeness (QED) is 0.553. The van der Waals surface area contributed by atoms with Crippen LogP contribution in [-0.2, 0) is 0 Å². The van der Waals surface area contributed by atoms with Gasteiger partial charge in [0.05, 0.1) is 15.8 Å². The molecule has 1 atom stereocenters. The summed E-state index contributed by atoms with van der Waals surface area (Å²) in [5, 5.41) is 4.01. The fourth-order valence-corrected chi connectivity index (χ4v) is 3.52. The number of amides is 1. The zero-order valence-electron chi connectivity index (χ0n) is 9.80. The molecule has 98 valence electrons. The molecule has 3 aliphatic heterocycles. The fourth-order valence-electron chi connectivity index (χ4n) is 2.84. The van der Waals surface area contributed by atoms with E-state index in [0.29, 0.717) is 5.92 Å². The van der Waals surface area contributed by atoms with Crippen molar-refractivity contribution in [1.82, 2.24) is 19.1 Å². The molecule has 4 rings (SSSR count). The third-order valence-electron chi connectivity index (χ3n) is 3.84. The first-order chi connectivity index (χ1) is 8.65. The van der Waals surface area contributed by atoms with Crippen molar-refractivity contribution in [2.45, 2.75) is 18.9 Å². The first kappa shape index (κ1) is 12.7. The molecule has 0 spiro atoms. The average Bonchev–Trinajstić information content (AvgIpc) is 2.85. The van der Waals surface area contributed by atoms with E-state index in [9.17, 15) is 4.79 Å². The van der Waals surface area contributed by atoms with Gasteiger partial charge in [-0.2, -0.15) is 9.78 Å². The first-order valence-corrected chi connectivity index (χ1v) is 7.48. The molecule has 5 nitrogen and oxygen atoms in total. The van der Waals surface area contributed by atoms with Crippen LogP contribution in [0.2, 0.25) is 0 Å². The van der Waals surface area contributed by atoms with Gasteiger partial charge >= 0.3 is 6.03 Å². The number of rotatable bonds is 1. The maximum absolute atomic E-state index is 12.2. The van der Waals surface area contributed by atoms with E-state index in [1.807, 2.05) is 0 Å². The topological polar surface area (TPSA) is 41.4 Å². The molecule has 3 saturated heterocycles. The number of carbonyl (C=O) groups excluding carboxylic acids is 1. The molecule has 3 fully saturated rings. The van der Waals surface area contributed by atoms with E-state index >= 15 is 0 Å². The van der Waals surface area contributed by atoms with Crippen LogP contribution in [-0.4, -0.2) is 50.8 Å². The molecule has 0 aromatic carbocycles. The second-order valence-corrected chi connectivity index (χ2v) is 6.51. The minimum atomic E-state index is -0.252. The Morgan fingerprint density at radius 3 is 2.72 bits per heavy atom. The molecule has 1 amide bonds. The van der Waals surface area contributed by atoms with E-state index in [-0.39, 0.29) is 12.1 Å². The van der Waals surface area contributed by atoms with Gasteiger partial charge in [0, 0.05) is 24.5 Å². The van der Waals surface area contributed by atoms with E-state index in [4.69, 9.17) is 11.8 Å². The van der Waals surface area contributed by atoms with Crippen molar-refractivity contribution in [3.8, 4) is 0 Å². The number of aromatic nitrogens is 2. The number of carbonyl (C=O) groups is 1. The predicted octanol–water partition coefficient (Wildman–Crippen LogP) is 2.01. The Kier molecular flexibility index (Phi) is 3.50. The Morgan fingerprint density at radius 2 is 2.22 bits per heavy atom. The second-order valence-electron chi connectivity index (χ2n) is 4.90. The smallest absolute Gasteiger partial charge is 0.301 e. The minimum Gasteiger partial charge on any atom is -0.301 e. The van der Waals surface area contributed by atoms with Gasteiger partial charge in [0.15, 0.2) is 0 Å². The number of nitrogens with zero attached hydrogens (tertiary/aromatic N) is 4. The summed E-state index contributed by atoms with van der Waals surface area (Å²) in [7, 11) is 0. The van der Waals surface area contributed by atoms with Crippen LogP contribution in [0, 0.1) is 9.49 Å². The van der Waals surface area contributed by atoms with Gasteiger partial charge in [-0.25, -0.2) is 9.21 Å². The molecule has 7 heteroatoms. The summed E-state index contributed by atoms with van der Waals surface area (Å²) < 4.78 is 3.59. The van der Waals surface area contributed by atoms with Gasteiger partial charge in [-0.1, -0.05) is 0 Å². The van der Waals surface area contributed by atoms with Gasteiger partial charge in [0.2, 0.25) is 0 Å². The van der Waals surface area contributed by atoms with E-state index < -0.39 is 0 Å². The van der Waals surface area contributed by atoms with Crippen molar-refractivity contribution < 1.29 is 4.79 Å². The lowest BCUT2D eigenvalue weighted by Crippen LogP contribution is -2.56. The number of halogens is 2. The Hall–Kier alpha value is -0.340. The molecule has 0 saturated carbocycles. The van der Waals surface area contributed by atoms with Crippen LogP contribution in [0.4, 0.5) is 4.79 Å². The molecule has 18 heavy (non-hydrogen) atoms. The van der Waals surface area contributed by atoms with Crippen LogP contribution in [0.1, 0.15) is 12.8 Å². The number of piperidine rings is 3. The van der Waals surface area contributed by atoms with Crippen LogP contribution in [0.5, 0.6) is 0 Å². The molecular formula is C11H14ClIN4O. The van der Waals surface area contributed by atoms with Crippen LogP contribution in [0.25, 0.3) is 0 Å². The minimum absolute atomic E-state index is 0.114. The van der Waals surface area contributed by atoms with Crippen molar-refractivity contribution in [2.24, 2.45) is 5.92 Å². The molecule has 0 aliphatic carbocycles. The van der Waals surface area contributed by atoms with Crippen LogP contribution in [0.3, 0.4) is 0 Å². The molecule has 2 bridgehead atoms. The summed E-state index contributed by atoms with van der Waals surface area (Å²) in [5.74, 6) is 0.533. The highest BCUT2D eigenvalue weighted by Gasteiger charge is 2.39. The highest BCUT2D eigenvalue weighted by Crippen LogP contribution is 2.32. The maximum atomic E-state index is 12.2. The maximum Gasteiger partial charge on any atom is 0.359 e. The highest BCUT2D eigenvalue weighted by molar-refractivity contribution is 14.1. The van der Waals surface area contributed by atoms with Gasteiger partial charge in [-0.15, -0.1) is 0 Å². The molecule has 0 N–H and O–H groups in total. The standard InChI is InChI=1S/C11H14ClIN4O/c12-17(11(18)16-6-9(13)5-14-16)10-7-15-3-1-8(10)2-4-15/h5-6,8,10H,1-4,7H2/t10-/m0/s1. The zero-order chi connectivity index (χ0) is 12.7. The lowest BCUT2D eigenvalue weighted by molar-refractivity contribution is 0.0491. The molecular weight excluding hydrogens is 367 g/mol. The van der Waals surface area contributed by atoms with Crippen molar-refractivity contribution in [1.29, 1.82) is 0 Å². The highest BCUT2D eigenvalue weighted by atomic mass is 127. The monoisotopic (exact) mass is 380 g/mol. The van der Waals surface area contributed by atoms with Gasteiger partial charge in [-0.05, 0) is 54.4 Å². The predicted molar refractivity (Wildman–Crippen MR) is 76.4 cm³/mol. The lowest BCUT2D eigenvalue weighted by Gasteiger charge is -2.46. The fraction of sp³-hybridized carbons (Fsp3) is 0.636. The summed E-state index contributed by atoms with van der Waals surface area (Å²) in [6, 6.07) is -0.137. The molecule has 0 unspecified atom stereocenters. The second kappa shape index (κ2) is 4.97. The lowest BCUT2D eigenvalue weighted by atomic mass is 9.84. The first-order valence-electron chi connectivity index (χ1n) is 6.07. The number of hydrogen-bond donors (Lipinski definition) is 0. The third-order valence-corrected chi connectivity index (χ3v) is 4.79. The summed E-state index contributed by atoms with van der Waals surface area (Å²) in [5.41, 5.74) is 0. The van der Waals surface area contributed by atoms with Gasteiger partial charge in [-0.3, -0.25) is 0 Å². The molecule has 0 radical (unpaired) electrons. The molecule has 1 aromatic heterocycles. The summed E-state index contributed by atoms with van der Waals surface area (Å²) in [6.07, 6.45) is 5.62. The van der Waals surface area contributed by atoms with E-state index in [1.54, 1.807) is 12.4 Å². The summed E-state index contributed by atoms with van der Waals surface area (Å²) in [4.78, 5) is 14.6. The van der Waals surface area contributed by atoms with Gasteiger partial charge in [0.1, 0.15) is 0 Å². The Balaban J connectivity index is 1.74. The third kappa shape index (κ3) is 2.25. The average molecular weight is 381 g/mol. The summed E-state index contributed by atoms with van der Waals surface area (Å²) in [6.45, 7) is 3.16. The SMILES string of the molecule is O=C(N(Cl)[C@H]1CN2CCC1CC2)n1cc(I)cn1. The normalized spacial score (nSPS) is 30.4. The Labute approximate surface area is 124 Å². The van der Waals surface area contributed by atoms with E-state index in [0.717, 1.165) is 36.0 Å². The molecule has 4 heterocycles. The number of fused-ring (bicyclic) bond motifs is 3. The number of hydrogen-bond acceptors (Lipinski definition) is 3. The zero-order valence-corrected chi connectivity index (χ0v) is 12.7. The summed E-state index contributed by atoms with van der Waals surface area (Å²) >= 11 is 8.37. The Bertz CT molecular complexity index is 458. The van der Waals surface area contributed by atoms with Gasteiger partial charge < -0.3 is 4.90 Å². The molecule has 3 aliphatic rings. The van der Waals surface area contributed by atoms with Crippen LogP contribution in [0.15, 0.2) is 12.4 Å². The van der Waals surface area contributed by atoms with Crippen molar-refractivity contribution in [3.63, 3.8) is 0 Å². The van der Waals surface area contributed by atoms with Crippen LogP contribution < -0.4 is 0 Å².